The van der Waals surface area contributed by atoms with E-state index in [2.05, 4.69) is 10.3 Å². The summed E-state index contributed by atoms with van der Waals surface area (Å²) >= 11 is 7.15. The molecule has 0 spiro atoms. The summed E-state index contributed by atoms with van der Waals surface area (Å²) < 4.78 is 39.5. The van der Waals surface area contributed by atoms with E-state index >= 15 is 0 Å². The van der Waals surface area contributed by atoms with Gasteiger partial charge in [-0.05, 0) is 37.1 Å². The first kappa shape index (κ1) is 21.7. The van der Waals surface area contributed by atoms with Crippen molar-refractivity contribution in [3.05, 3.63) is 69.7 Å². The predicted octanol–water partition coefficient (Wildman–Crippen LogP) is 5.23. The van der Waals surface area contributed by atoms with Crippen molar-refractivity contribution < 1.29 is 23.0 Å². The van der Waals surface area contributed by atoms with Crippen LogP contribution < -0.4 is 10.1 Å². The normalized spacial score (nSPS) is 15.8. The van der Waals surface area contributed by atoms with Crippen molar-refractivity contribution in [2.45, 2.75) is 25.6 Å². The van der Waals surface area contributed by atoms with Crippen LogP contribution in [-0.4, -0.2) is 30.1 Å². The molecule has 31 heavy (non-hydrogen) atoms. The van der Waals surface area contributed by atoms with Crippen molar-refractivity contribution in [1.82, 2.24) is 10.3 Å². The summed E-state index contributed by atoms with van der Waals surface area (Å²) in [6, 6.07) is 8.62. The number of amides is 1. The van der Waals surface area contributed by atoms with E-state index in [0.29, 0.717) is 18.2 Å². The number of hydrogen-bond acceptors (Lipinski definition) is 5. The molecule has 1 unspecified atom stereocenters. The molecule has 4 rings (SSSR count). The van der Waals surface area contributed by atoms with Crippen molar-refractivity contribution in [1.29, 1.82) is 0 Å². The quantitative estimate of drug-likeness (QED) is 0.520. The van der Waals surface area contributed by atoms with Crippen LogP contribution in [0.25, 0.3) is 10.6 Å². The summed E-state index contributed by atoms with van der Waals surface area (Å²) in [6.45, 7) is 1.02. The highest BCUT2D eigenvalue weighted by Gasteiger charge is 2.19. The van der Waals surface area contributed by atoms with Crippen LogP contribution in [0, 0.1) is 11.6 Å². The first-order valence-electron chi connectivity index (χ1n) is 9.72. The lowest BCUT2D eigenvalue weighted by Gasteiger charge is -2.10. The lowest BCUT2D eigenvalue weighted by atomic mass is 10.2. The molecule has 2 heterocycles. The summed E-state index contributed by atoms with van der Waals surface area (Å²) in [5.74, 6) is -1.14. The smallest absolute Gasteiger partial charge is 0.270 e. The molecule has 0 saturated carbocycles. The molecule has 162 valence electrons. The second-order valence-electron chi connectivity index (χ2n) is 7.01. The average molecular weight is 465 g/mol. The van der Waals surface area contributed by atoms with E-state index in [1.165, 1.54) is 35.6 Å². The molecule has 1 aliphatic heterocycles. The SMILES string of the molecule is O=C(NCC1CCCO1)c1csc(-c2ccc(OCc3c(F)cccc3Cl)cc2F)n1. The number of aromatic nitrogens is 1. The molecule has 1 fully saturated rings. The Morgan fingerprint density at radius 3 is 2.90 bits per heavy atom. The summed E-state index contributed by atoms with van der Waals surface area (Å²) in [5.41, 5.74) is 0.679. The van der Waals surface area contributed by atoms with Crippen LogP contribution in [-0.2, 0) is 11.3 Å². The molecular formula is C22H19ClF2N2O3S. The summed E-state index contributed by atoms with van der Waals surface area (Å²) in [4.78, 5) is 16.5. The van der Waals surface area contributed by atoms with Gasteiger partial charge in [0, 0.05) is 35.7 Å². The van der Waals surface area contributed by atoms with Crippen molar-refractivity contribution in [3.63, 3.8) is 0 Å². The van der Waals surface area contributed by atoms with Gasteiger partial charge in [-0.1, -0.05) is 17.7 Å². The van der Waals surface area contributed by atoms with E-state index in [1.54, 1.807) is 17.5 Å². The van der Waals surface area contributed by atoms with Gasteiger partial charge in [-0.3, -0.25) is 4.79 Å². The van der Waals surface area contributed by atoms with Crippen LogP contribution >= 0.6 is 22.9 Å². The monoisotopic (exact) mass is 464 g/mol. The molecule has 1 aromatic heterocycles. The minimum atomic E-state index is -0.558. The van der Waals surface area contributed by atoms with Crippen LogP contribution in [0.5, 0.6) is 5.75 Å². The molecule has 0 radical (unpaired) electrons. The van der Waals surface area contributed by atoms with Crippen LogP contribution in [0.1, 0.15) is 28.9 Å². The van der Waals surface area contributed by atoms with Gasteiger partial charge in [-0.2, -0.15) is 0 Å². The molecular weight excluding hydrogens is 446 g/mol. The van der Waals surface area contributed by atoms with Gasteiger partial charge in [0.25, 0.3) is 5.91 Å². The number of carbonyl (C=O) groups is 1. The minimum Gasteiger partial charge on any atom is -0.489 e. The molecule has 2 aromatic carbocycles. The van der Waals surface area contributed by atoms with Gasteiger partial charge in [0.1, 0.15) is 34.7 Å². The molecule has 0 aliphatic carbocycles. The van der Waals surface area contributed by atoms with Gasteiger partial charge in [0.05, 0.1) is 11.1 Å². The van der Waals surface area contributed by atoms with E-state index in [9.17, 15) is 13.6 Å². The van der Waals surface area contributed by atoms with Crippen LogP contribution in [0.4, 0.5) is 8.78 Å². The Hall–Kier alpha value is -2.55. The number of nitrogens with zero attached hydrogens (tertiary/aromatic N) is 1. The van der Waals surface area contributed by atoms with Gasteiger partial charge in [0.2, 0.25) is 0 Å². The second-order valence-corrected chi connectivity index (χ2v) is 8.28. The van der Waals surface area contributed by atoms with Crippen LogP contribution in [0.2, 0.25) is 5.02 Å². The summed E-state index contributed by atoms with van der Waals surface area (Å²) in [7, 11) is 0. The number of halogens is 3. The number of nitrogens with one attached hydrogen (secondary N) is 1. The lowest BCUT2D eigenvalue weighted by Crippen LogP contribution is -2.31. The highest BCUT2D eigenvalue weighted by Crippen LogP contribution is 2.30. The number of thiazole rings is 1. The zero-order valence-electron chi connectivity index (χ0n) is 16.4. The van der Waals surface area contributed by atoms with Gasteiger partial charge < -0.3 is 14.8 Å². The zero-order valence-corrected chi connectivity index (χ0v) is 17.9. The second kappa shape index (κ2) is 9.72. The summed E-state index contributed by atoms with van der Waals surface area (Å²) in [6.07, 6.45) is 1.95. The first-order valence-corrected chi connectivity index (χ1v) is 11.0. The first-order chi connectivity index (χ1) is 15.0. The number of rotatable bonds is 7. The molecule has 9 heteroatoms. The number of carbonyl (C=O) groups excluding carboxylic acids is 1. The molecule has 1 amide bonds. The molecule has 1 aliphatic rings. The summed E-state index contributed by atoms with van der Waals surface area (Å²) in [5, 5.41) is 5.00. The highest BCUT2D eigenvalue weighted by atomic mass is 35.5. The van der Waals surface area contributed by atoms with Gasteiger partial charge in [-0.15, -0.1) is 11.3 Å². The Bertz CT molecular complexity index is 1070. The Morgan fingerprint density at radius 1 is 1.29 bits per heavy atom. The largest absolute Gasteiger partial charge is 0.489 e. The maximum atomic E-state index is 14.7. The number of benzene rings is 2. The van der Waals surface area contributed by atoms with Gasteiger partial charge in [0.15, 0.2) is 0 Å². The molecule has 3 aromatic rings. The van der Waals surface area contributed by atoms with E-state index in [0.717, 1.165) is 12.8 Å². The molecule has 1 N–H and O–H groups in total. The van der Waals surface area contributed by atoms with Gasteiger partial charge in [-0.25, -0.2) is 13.8 Å². The van der Waals surface area contributed by atoms with E-state index < -0.39 is 11.6 Å². The molecule has 5 nitrogen and oxygen atoms in total. The third kappa shape index (κ3) is 5.20. The van der Waals surface area contributed by atoms with E-state index in [-0.39, 0.29) is 46.2 Å². The van der Waals surface area contributed by atoms with Crippen molar-refractivity contribution in [2.24, 2.45) is 0 Å². The van der Waals surface area contributed by atoms with Crippen molar-refractivity contribution in [3.8, 4) is 16.3 Å². The standard InChI is InChI=1S/C22H19ClF2N2O3S/c23-17-4-1-5-18(24)16(17)11-30-13-6-7-15(19(25)9-13)22-27-20(12-31-22)21(28)26-10-14-3-2-8-29-14/h1,4-7,9,12,14H,2-3,8,10-11H2,(H,26,28). The Balaban J connectivity index is 1.40. The zero-order chi connectivity index (χ0) is 21.8. The van der Waals surface area contributed by atoms with Crippen LogP contribution in [0.3, 0.4) is 0 Å². The fourth-order valence-electron chi connectivity index (χ4n) is 3.19. The fraction of sp³-hybridized carbons (Fsp3) is 0.273. The minimum absolute atomic E-state index is 0.0336. The third-order valence-electron chi connectivity index (χ3n) is 4.87. The molecule has 0 bridgehead atoms. The Labute approximate surface area is 187 Å². The Morgan fingerprint density at radius 2 is 2.16 bits per heavy atom. The maximum absolute atomic E-state index is 14.7. The maximum Gasteiger partial charge on any atom is 0.270 e. The third-order valence-corrected chi connectivity index (χ3v) is 6.10. The van der Waals surface area contributed by atoms with Gasteiger partial charge >= 0.3 is 0 Å². The number of ether oxygens (including phenoxy) is 2. The average Bonchev–Trinajstić information content (AvgIpc) is 3.44. The molecule has 1 atom stereocenters. The fourth-order valence-corrected chi connectivity index (χ4v) is 4.23. The Kier molecular flexibility index (Phi) is 6.80. The van der Waals surface area contributed by atoms with Crippen LogP contribution in [0.15, 0.2) is 41.8 Å². The lowest BCUT2D eigenvalue weighted by molar-refractivity contribution is 0.0854. The van der Waals surface area contributed by atoms with E-state index in [1.807, 2.05) is 0 Å². The van der Waals surface area contributed by atoms with Crippen molar-refractivity contribution in [2.75, 3.05) is 13.2 Å². The van der Waals surface area contributed by atoms with E-state index in [4.69, 9.17) is 21.1 Å². The highest BCUT2D eigenvalue weighted by molar-refractivity contribution is 7.13. The molecule has 1 saturated heterocycles. The van der Waals surface area contributed by atoms with Crippen molar-refractivity contribution >= 4 is 28.8 Å². The predicted molar refractivity (Wildman–Crippen MR) is 115 cm³/mol. The number of hydrogen-bond donors (Lipinski definition) is 1. The topological polar surface area (TPSA) is 60.5 Å².